The molecule has 1 heterocycles. The van der Waals surface area contributed by atoms with Gasteiger partial charge in [-0.15, -0.1) is 0 Å². The van der Waals surface area contributed by atoms with Gasteiger partial charge in [0, 0.05) is 19.1 Å². The number of rotatable bonds is 7. The molecule has 1 aromatic rings. The minimum absolute atomic E-state index is 0.0426. The lowest BCUT2D eigenvalue weighted by Crippen LogP contribution is -2.51. The number of fused-ring (bicyclic) bond motifs is 1. The lowest BCUT2D eigenvalue weighted by atomic mass is 9.95. The van der Waals surface area contributed by atoms with Gasteiger partial charge < -0.3 is 10.6 Å². The summed E-state index contributed by atoms with van der Waals surface area (Å²) in [5.41, 5.74) is -0.985. The summed E-state index contributed by atoms with van der Waals surface area (Å²) < 4.78 is 66.4. The van der Waals surface area contributed by atoms with E-state index in [1.807, 2.05) is 13.8 Å². The summed E-state index contributed by atoms with van der Waals surface area (Å²) in [7, 11) is -2.30. The van der Waals surface area contributed by atoms with E-state index < -0.39 is 21.8 Å². The summed E-state index contributed by atoms with van der Waals surface area (Å²) in [4.78, 5) is 12.4. The van der Waals surface area contributed by atoms with E-state index in [-0.39, 0.29) is 53.7 Å². The van der Waals surface area contributed by atoms with Gasteiger partial charge in [-0.05, 0) is 55.8 Å². The molecule has 6 nitrogen and oxygen atoms in total. The largest absolute Gasteiger partial charge is 0.416 e. The molecule has 1 aliphatic carbocycles. The fraction of sp³-hybridized carbons (Fsp3) is 0.667. The average molecular weight is 462 g/mol. The first kappa shape index (κ1) is 24.0. The number of amides is 1. The van der Waals surface area contributed by atoms with Gasteiger partial charge in [0.15, 0.2) is 0 Å². The van der Waals surface area contributed by atoms with E-state index in [0.29, 0.717) is 6.07 Å². The number of likely N-dealkylation sites (N-methyl/N-ethyl adjacent to an activating group) is 1. The second kappa shape index (κ2) is 9.07. The van der Waals surface area contributed by atoms with Gasteiger partial charge in [0.05, 0.1) is 16.5 Å². The van der Waals surface area contributed by atoms with E-state index in [1.54, 1.807) is 7.05 Å². The molecule has 1 amide bonds. The van der Waals surface area contributed by atoms with Crippen molar-refractivity contribution in [2.24, 2.45) is 17.8 Å². The van der Waals surface area contributed by atoms with Crippen LogP contribution < -0.4 is 10.6 Å². The number of sulfonamides is 1. The van der Waals surface area contributed by atoms with E-state index in [0.717, 1.165) is 31.4 Å². The molecule has 1 unspecified atom stereocenters. The van der Waals surface area contributed by atoms with E-state index in [4.69, 9.17) is 0 Å². The molecule has 3 rings (SSSR count). The highest BCUT2D eigenvalue weighted by Crippen LogP contribution is 2.41. The van der Waals surface area contributed by atoms with Gasteiger partial charge >= 0.3 is 6.18 Å². The van der Waals surface area contributed by atoms with Crippen molar-refractivity contribution >= 4 is 15.9 Å². The van der Waals surface area contributed by atoms with Crippen molar-refractivity contribution < 1.29 is 26.4 Å². The Kier molecular flexibility index (Phi) is 7.02. The van der Waals surface area contributed by atoms with E-state index in [2.05, 4.69) is 10.6 Å². The molecular weight excluding hydrogens is 431 g/mol. The molecule has 31 heavy (non-hydrogen) atoms. The Bertz CT molecular complexity index is 907. The van der Waals surface area contributed by atoms with Gasteiger partial charge in [0.25, 0.3) is 0 Å². The SMILES string of the molecule is CCC(C)[C@H](NC)C(=O)N[C@@H]1CC[C@H]2CN(S(=O)(=O)c3cccc(C(F)(F)F)c3)C[C@H]21. The number of halogens is 3. The number of carbonyl (C=O) groups excluding carboxylic acids is 1. The number of carbonyl (C=O) groups is 1. The Labute approximate surface area is 181 Å². The van der Waals surface area contributed by atoms with Crippen LogP contribution in [0.5, 0.6) is 0 Å². The number of nitrogens with one attached hydrogen (secondary N) is 2. The molecule has 5 atom stereocenters. The van der Waals surface area contributed by atoms with Crippen LogP contribution in [0.2, 0.25) is 0 Å². The summed E-state index contributed by atoms with van der Waals surface area (Å²) >= 11 is 0. The van der Waals surface area contributed by atoms with Crippen molar-refractivity contribution in [3.8, 4) is 0 Å². The molecule has 1 aromatic carbocycles. The second-order valence-corrected chi connectivity index (χ2v) is 10.6. The van der Waals surface area contributed by atoms with E-state index >= 15 is 0 Å². The van der Waals surface area contributed by atoms with Gasteiger partial charge in [-0.1, -0.05) is 26.3 Å². The van der Waals surface area contributed by atoms with Gasteiger partial charge in [0.2, 0.25) is 15.9 Å². The Morgan fingerprint density at radius 1 is 1.26 bits per heavy atom. The highest BCUT2D eigenvalue weighted by Gasteiger charge is 2.47. The topological polar surface area (TPSA) is 78.5 Å². The summed E-state index contributed by atoms with van der Waals surface area (Å²) in [5, 5.41) is 6.13. The third-order valence-corrected chi connectivity index (χ3v) is 8.58. The van der Waals surface area contributed by atoms with Gasteiger partial charge in [-0.25, -0.2) is 8.42 Å². The van der Waals surface area contributed by atoms with Crippen LogP contribution in [0.15, 0.2) is 29.2 Å². The predicted molar refractivity (Wildman–Crippen MR) is 111 cm³/mol. The summed E-state index contributed by atoms with van der Waals surface area (Å²) in [6.07, 6.45) is -2.21. The third kappa shape index (κ3) is 4.90. The van der Waals surface area contributed by atoms with Gasteiger partial charge in [-0.2, -0.15) is 17.5 Å². The maximum Gasteiger partial charge on any atom is 0.416 e. The summed E-state index contributed by atoms with van der Waals surface area (Å²) in [5.74, 6) is 0.103. The molecule has 2 aliphatic rings. The molecule has 0 radical (unpaired) electrons. The zero-order chi connectivity index (χ0) is 23.0. The average Bonchev–Trinajstić information content (AvgIpc) is 3.30. The van der Waals surface area contributed by atoms with Gasteiger partial charge in [-0.3, -0.25) is 4.79 Å². The molecule has 10 heteroatoms. The molecular formula is C21H30F3N3O3S. The molecule has 1 saturated heterocycles. The summed E-state index contributed by atoms with van der Waals surface area (Å²) in [6.45, 7) is 4.47. The molecule has 0 bridgehead atoms. The quantitative estimate of drug-likeness (QED) is 0.655. The predicted octanol–water partition coefficient (Wildman–Crippen LogP) is 2.85. The number of hydrogen-bond donors (Lipinski definition) is 2. The first-order valence-corrected chi connectivity index (χ1v) is 12.1. The molecule has 174 valence electrons. The fourth-order valence-electron chi connectivity index (χ4n) is 4.76. The van der Waals surface area contributed by atoms with E-state index in [1.165, 1.54) is 10.4 Å². The highest BCUT2D eigenvalue weighted by atomic mass is 32.2. The van der Waals surface area contributed by atoms with Crippen molar-refractivity contribution in [3.63, 3.8) is 0 Å². The standard InChI is InChI=1S/C21H30F3N3O3S/c1-4-13(2)19(25-3)20(28)26-18-9-8-14-11-27(12-17(14)18)31(29,30)16-7-5-6-15(10-16)21(22,23)24/h5-7,10,13-14,17-19,25H,4,8-9,11-12H2,1-3H3,(H,26,28)/t13?,14-,17+,18+,19-/m0/s1. The fourth-order valence-corrected chi connectivity index (χ4v) is 6.34. The Hall–Kier alpha value is -1.65. The first-order chi connectivity index (χ1) is 14.5. The van der Waals surface area contributed by atoms with Crippen LogP contribution in [0, 0.1) is 17.8 Å². The monoisotopic (exact) mass is 461 g/mol. The zero-order valence-corrected chi connectivity index (χ0v) is 18.8. The van der Waals surface area contributed by atoms with Crippen LogP contribution in [0.3, 0.4) is 0 Å². The minimum atomic E-state index is -4.61. The maximum absolute atomic E-state index is 13.0. The number of alkyl halides is 3. The van der Waals surface area contributed by atoms with Crippen molar-refractivity contribution in [2.45, 2.75) is 56.3 Å². The Morgan fingerprint density at radius 3 is 2.58 bits per heavy atom. The lowest BCUT2D eigenvalue weighted by molar-refractivity contribution is -0.137. The zero-order valence-electron chi connectivity index (χ0n) is 17.9. The van der Waals surface area contributed by atoms with Crippen molar-refractivity contribution in [1.29, 1.82) is 0 Å². The number of benzene rings is 1. The van der Waals surface area contributed by atoms with Crippen LogP contribution in [-0.2, 0) is 21.0 Å². The molecule has 0 spiro atoms. The Morgan fingerprint density at radius 2 is 1.97 bits per heavy atom. The molecule has 2 fully saturated rings. The molecule has 2 N–H and O–H groups in total. The van der Waals surface area contributed by atoms with Crippen LogP contribution in [0.1, 0.15) is 38.7 Å². The number of nitrogens with zero attached hydrogens (tertiary/aromatic N) is 1. The van der Waals surface area contributed by atoms with Crippen LogP contribution in [-0.4, -0.2) is 50.9 Å². The van der Waals surface area contributed by atoms with Crippen molar-refractivity contribution in [2.75, 3.05) is 20.1 Å². The maximum atomic E-state index is 13.0. The van der Waals surface area contributed by atoms with E-state index in [9.17, 15) is 26.4 Å². The number of hydrogen-bond acceptors (Lipinski definition) is 4. The third-order valence-electron chi connectivity index (χ3n) is 6.76. The minimum Gasteiger partial charge on any atom is -0.352 e. The van der Waals surface area contributed by atoms with Crippen LogP contribution >= 0.6 is 0 Å². The van der Waals surface area contributed by atoms with Crippen molar-refractivity contribution in [3.05, 3.63) is 29.8 Å². The lowest BCUT2D eigenvalue weighted by Gasteiger charge is -2.26. The molecule has 0 aromatic heterocycles. The normalized spacial score (nSPS) is 26.5. The highest BCUT2D eigenvalue weighted by molar-refractivity contribution is 7.89. The summed E-state index contributed by atoms with van der Waals surface area (Å²) in [6, 6.07) is 3.39. The molecule has 1 aliphatic heterocycles. The van der Waals surface area contributed by atoms with Gasteiger partial charge in [0.1, 0.15) is 0 Å². The van der Waals surface area contributed by atoms with Crippen LogP contribution in [0.25, 0.3) is 0 Å². The second-order valence-electron chi connectivity index (χ2n) is 8.62. The van der Waals surface area contributed by atoms with Crippen LogP contribution in [0.4, 0.5) is 13.2 Å². The smallest absolute Gasteiger partial charge is 0.352 e. The Balaban J connectivity index is 1.72. The van der Waals surface area contributed by atoms with Crippen molar-refractivity contribution in [1.82, 2.24) is 14.9 Å². The first-order valence-electron chi connectivity index (χ1n) is 10.6. The molecule has 1 saturated carbocycles.